The average Bonchev–Trinajstić information content (AvgIpc) is 2.34. The first-order valence-electron chi connectivity index (χ1n) is 4.50. The highest BCUT2D eigenvalue weighted by molar-refractivity contribution is 5.53. The molecule has 0 aromatic heterocycles. The molecule has 1 aromatic carbocycles. The zero-order valence-electron chi connectivity index (χ0n) is 8.22. The Bertz CT molecular complexity index is 353. The second-order valence-electron chi connectivity index (χ2n) is 4.26. The molecule has 0 fully saturated rings. The summed E-state index contributed by atoms with van der Waals surface area (Å²) in [6.07, 6.45) is 0.871. The fourth-order valence-corrected chi connectivity index (χ4v) is 1.74. The molecule has 2 heteroatoms. The molecule has 2 nitrogen and oxygen atoms in total. The van der Waals surface area contributed by atoms with Crippen molar-refractivity contribution in [2.45, 2.75) is 32.8 Å². The third-order valence-electron chi connectivity index (χ3n) is 2.41. The van der Waals surface area contributed by atoms with Gasteiger partial charge in [0.15, 0.2) is 11.5 Å². The van der Waals surface area contributed by atoms with Crippen molar-refractivity contribution in [3.8, 4) is 11.5 Å². The molecule has 0 aliphatic carbocycles. The Morgan fingerprint density at radius 2 is 2.08 bits per heavy atom. The lowest BCUT2D eigenvalue weighted by Crippen LogP contribution is -2.24. The summed E-state index contributed by atoms with van der Waals surface area (Å²) in [5.74, 6) is 0.966. The minimum Gasteiger partial charge on any atom is -0.504 e. The first-order valence-corrected chi connectivity index (χ1v) is 4.50. The molecule has 70 valence electrons. The molecular formula is C11H14O2. The van der Waals surface area contributed by atoms with Crippen LogP contribution in [0.15, 0.2) is 12.1 Å². The van der Waals surface area contributed by atoms with Crippen LogP contribution in [0.25, 0.3) is 0 Å². The highest BCUT2D eigenvalue weighted by Gasteiger charge is 2.32. The first-order chi connectivity index (χ1) is 5.99. The molecule has 1 N–H and O–H groups in total. The smallest absolute Gasteiger partial charge is 0.165 e. The summed E-state index contributed by atoms with van der Waals surface area (Å²) in [5, 5.41) is 9.73. The maximum atomic E-state index is 9.73. The topological polar surface area (TPSA) is 29.5 Å². The Balaban J connectivity index is 2.53. The van der Waals surface area contributed by atoms with Crippen molar-refractivity contribution in [2.24, 2.45) is 0 Å². The molecule has 1 aliphatic heterocycles. The van der Waals surface area contributed by atoms with Crippen LogP contribution in [0.2, 0.25) is 0 Å². The predicted molar refractivity (Wildman–Crippen MR) is 51.3 cm³/mol. The molecule has 0 radical (unpaired) electrons. The van der Waals surface area contributed by atoms with Gasteiger partial charge in [-0.25, -0.2) is 0 Å². The van der Waals surface area contributed by atoms with Crippen molar-refractivity contribution in [3.05, 3.63) is 23.3 Å². The summed E-state index contributed by atoms with van der Waals surface area (Å²) in [6.45, 7) is 5.94. The van der Waals surface area contributed by atoms with E-state index in [1.54, 1.807) is 0 Å². The van der Waals surface area contributed by atoms with Crippen LogP contribution in [0.5, 0.6) is 11.5 Å². The molecule has 1 heterocycles. The normalized spacial score (nSPS) is 18.1. The summed E-state index contributed by atoms with van der Waals surface area (Å²) < 4.78 is 5.66. The van der Waals surface area contributed by atoms with Crippen LogP contribution in [0.1, 0.15) is 25.0 Å². The number of fused-ring (bicyclic) bond motifs is 1. The van der Waals surface area contributed by atoms with Crippen molar-refractivity contribution in [1.82, 2.24) is 0 Å². The summed E-state index contributed by atoms with van der Waals surface area (Å²) in [5.41, 5.74) is 1.80. The molecule has 0 atom stereocenters. The number of benzene rings is 1. The van der Waals surface area contributed by atoms with Crippen LogP contribution in [0.3, 0.4) is 0 Å². The predicted octanol–water partition coefficient (Wildman–Crippen LogP) is 2.41. The van der Waals surface area contributed by atoms with Gasteiger partial charge in [0.25, 0.3) is 0 Å². The fraction of sp³-hybridized carbons (Fsp3) is 0.455. The Kier molecular flexibility index (Phi) is 1.56. The van der Waals surface area contributed by atoms with E-state index in [2.05, 4.69) is 0 Å². The van der Waals surface area contributed by atoms with Crippen LogP contribution in [0, 0.1) is 6.92 Å². The quantitative estimate of drug-likeness (QED) is 0.661. The van der Waals surface area contributed by atoms with Gasteiger partial charge in [0.2, 0.25) is 0 Å². The number of hydrogen-bond donors (Lipinski definition) is 1. The van der Waals surface area contributed by atoms with Gasteiger partial charge in [-0.3, -0.25) is 0 Å². The number of rotatable bonds is 0. The first kappa shape index (κ1) is 8.42. The van der Waals surface area contributed by atoms with Crippen molar-refractivity contribution >= 4 is 0 Å². The van der Waals surface area contributed by atoms with Crippen LogP contribution < -0.4 is 4.74 Å². The fourth-order valence-electron chi connectivity index (χ4n) is 1.74. The lowest BCUT2D eigenvalue weighted by molar-refractivity contribution is 0.134. The molecule has 2 rings (SSSR count). The monoisotopic (exact) mass is 178 g/mol. The van der Waals surface area contributed by atoms with E-state index >= 15 is 0 Å². The Morgan fingerprint density at radius 1 is 1.38 bits per heavy atom. The van der Waals surface area contributed by atoms with Crippen LogP contribution in [0.4, 0.5) is 0 Å². The highest BCUT2D eigenvalue weighted by Crippen LogP contribution is 2.42. The molecule has 0 saturated heterocycles. The lowest BCUT2D eigenvalue weighted by atomic mass is 10.0. The van der Waals surface area contributed by atoms with E-state index in [1.165, 1.54) is 0 Å². The molecule has 1 aromatic rings. The summed E-state index contributed by atoms with van der Waals surface area (Å²) >= 11 is 0. The van der Waals surface area contributed by atoms with E-state index in [0.29, 0.717) is 11.5 Å². The van der Waals surface area contributed by atoms with Crippen LogP contribution in [-0.4, -0.2) is 10.7 Å². The molecule has 0 spiro atoms. The van der Waals surface area contributed by atoms with E-state index in [9.17, 15) is 5.11 Å². The Hall–Kier alpha value is -1.18. The van der Waals surface area contributed by atoms with Gasteiger partial charge in [-0.15, -0.1) is 0 Å². The van der Waals surface area contributed by atoms with Gasteiger partial charge in [0, 0.05) is 12.0 Å². The van der Waals surface area contributed by atoms with Gasteiger partial charge in [0.05, 0.1) is 0 Å². The molecular weight excluding hydrogens is 164 g/mol. The number of phenolic OH excluding ortho intramolecular Hbond substituents is 1. The van der Waals surface area contributed by atoms with E-state index in [-0.39, 0.29) is 5.60 Å². The van der Waals surface area contributed by atoms with Gasteiger partial charge < -0.3 is 9.84 Å². The summed E-state index contributed by atoms with van der Waals surface area (Å²) in [7, 11) is 0. The molecule has 1 aliphatic rings. The van der Waals surface area contributed by atoms with Crippen molar-refractivity contribution in [2.75, 3.05) is 0 Å². The molecule has 13 heavy (non-hydrogen) atoms. The van der Waals surface area contributed by atoms with Crippen molar-refractivity contribution < 1.29 is 9.84 Å². The minimum atomic E-state index is -0.173. The van der Waals surface area contributed by atoms with Gasteiger partial charge in [-0.1, -0.05) is 12.1 Å². The van der Waals surface area contributed by atoms with E-state index in [4.69, 9.17) is 4.74 Å². The number of aromatic hydroxyl groups is 1. The number of phenols is 1. The number of ether oxygens (including phenoxy) is 1. The van der Waals surface area contributed by atoms with E-state index in [0.717, 1.165) is 17.5 Å². The summed E-state index contributed by atoms with van der Waals surface area (Å²) in [4.78, 5) is 0. The average molecular weight is 178 g/mol. The third-order valence-corrected chi connectivity index (χ3v) is 2.41. The SMILES string of the molecule is Cc1ccc2c(c1O)OC(C)(C)C2. The standard InChI is InChI=1S/C11H14O2/c1-7-4-5-8-6-11(2,3)13-10(8)9(7)12/h4-5,12H,6H2,1-3H3. The molecule has 0 bridgehead atoms. The maximum Gasteiger partial charge on any atom is 0.165 e. The molecule has 0 amide bonds. The van der Waals surface area contributed by atoms with Crippen LogP contribution in [-0.2, 0) is 6.42 Å². The second kappa shape index (κ2) is 2.41. The van der Waals surface area contributed by atoms with Gasteiger partial charge in [0.1, 0.15) is 5.60 Å². The molecule has 0 saturated carbocycles. The number of hydrogen-bond acceptors (Lipinski definition) is 2. The van der Waals surface area contributed by atoms with Gasteiger partial charge in [-0.05, 0) is 26.3 Å². The highest BCUT2D eigenvalue weighted by atomic mass is 16.5. The Morgan fingerprint density at radius 3 is 2.77 bits per heavy atom. The minimum absolute atomic E-state index is 0.173. The lowest BCUT2D eigenvalue weighted by Gasteiger charge is -2.17. The van der Waals surface area contributed by atoms with Crippen molar-refractivity contribution in [1.29, 1.82) is 0 Å². The van der Waals surface area contributed by atoms with Crippen molar-refractivity contribution in [3.63, 3.8) is 0 Å². The van der Waals surface area contributed by atoms with E-state index < -0.39 is 0 Å². The zero-order valence-corrected chi connectivity index (χ0v) is 8.22. The van der Waals surface area contributed by atoms with E-state index in [1.807, 2.05) is 32.9 Å². The third kappa shape index (κ3) is 1.26. The Labute approximate surface area is 78.2 Å². The summed E-state index contributed by atoms with van der Waals surface area (Å²) in [6, 6.07) is 3.96. The van der Waals surface area contributed by atoms with Crippen LogP contribution >= 0.6 is 0 Å². The zero-order chi connectivity index (χ0) is 9.64. The number of aryl methyl sites for hydroxylation is 1. The molecule has 0 unspecified atom stereocenters. The van der Waals surface area contributed by atoms with Gasteiger partial charge >= 0.3 is 0 Å². The van der Waals surface area contributed by atoms with Gasteiger partial charge in [-0.2, -0.15) is 0 Å². The maximum absolute atomic E-state index is 9.73. The largest absolute Gasteiger partial charge is 0.504 e. The second-order valence-corrected chi connectivity index (χ2v) is 4.26.